The Morgan fingerprint density at radius 2 is 1.76 bits per heavy atom. The van der Waals surface area contributed by atoms with E-state index in [0.29, 0.717) is 44.9 Å². The molecule has 1 N–H and O–H groups in total. The second-order valence-corrected chi connectivity index (χ2v) is 7.55. The van der Waals surface area contributed by atoms with Gasteiger partial charge in [-0.1, -0.05) is 25.8 Å². The summed E-state index contributed by atoms with van der Waals surface area (Å²) in [6, 6.07) is 0.311. The minimum absolute atomic E-state index is 0.0361. The van der Waals surface area contributed by atoms with Crippen LogP contribution in [0.15, 0.2) is 12.7 Å². The number of rotatable bonds is 4. The number of carbonyl (C=O) groups excluding carboxylic acids is 3. The van der Waals surface area contributed by atoms with E-state index in [4.69, 9.17) is 0 Å². The van der Waals surface area contributed by atoms with Crippen molar-refractivity contribution in [2.45, 2.75) is 63.5 Å². The van der Waals surface area contributed by atoms with Gasteiger partial charge in [-0.25, -0.2) is 0 Å². The SMILES string of the molecule is C=CC(=O)N1CCC(C(=O)NC2CC(=O)N(C3CCCCC3)C2)CC1. The Labute approximate surface area is 149 Å². The van der Waals surface area contributed by atoms with Crippen molar-refractivity contribution in [3.05, 3.63) is 12.7 Å². The third-order valence-corrected chi connectivity index (χ3v) is 5.87. The van der Waals surface area contributed by atoms with Crippen LogP contribution in [0.5, 0.6) is 0 Å². The van der Waals surface area contributed by atoms with E-state index in [1.54, 1.807) is 4.90 Å². The smallest absolute Gasteiger partial charge is 0.245 e. The molecule has 0 radical (unpaired) electrons. The van der Waals surface area contributed by atoms with E-state index < -0.39 is 0 Å². The van der Waals surface area contributed by atoms with Gasteiger partial charge in [-0.05, 0) is 31.8 Å². The largest absolute Gasteiger partial charge is 0.351 e. The molecule has 3 amide bonds. The molecule has 3 fully saturated rings. The Balaban J connectivity index is 1.46. The van der Waals surface area contributed by atoms with Crippen molar-refractivity contribution in [1.29, 1.82) is 0 Å². The number of amides is 3. The maximum Gasteiger partial charge on any atom is 0.245 e. The van der Waals surface area contributed by atoms with Gasteiger partial charge in [0.1, 0.15) is 0 Å². The molecule has 0 aromatic rings. The van der Waals surface area contributed by atoms with Crippen LogP contribution < -0.4 is 5.32 Å². The highest BCUT2D eigenvalue weighted by atomic mass is 16.2. The molecule has 6 nitrogen and oxygen atoms in total. The standard InChI is InChI=1S/C19H29N3O3/c1-2-17(23)21-10-8-14(9-11-21)19(25)20-15-12-18(24)22(13-15)16-6-4-3-5-7-16/h2,14-16H,1,3-13H2,(H,20,25). The van der Waals surface area contributed by atoms with Crippen LogP contribution in [0.4, 0.5) is 0 Å². The Hall–Kier alpha value is -1.85. The molecule has 0 aromatic carbocycles. The van der Waals surface area contributed by atoms with E-state index in [1.807, 2.05) is 4.90 Å². The summed E-state index contributed by atoms with van der Waals surface area (Å²) in [6.45, 7) is 5.36. The van der Waals surface area contributed by atoms with Crippen molar-refractivity contribution in [2.24, 2.45) is 5.92 Å². The van der Waals surface area contributed by atoms with E-state index in [1.165, 1.54) is 25.3 Å². The highest BCUT2D eigenvalue weighted by molar-refractivity contribution is 5.87. The average molecular weight is 347 g/mol. The van der Waals surface area contributed by atoms with Crippen molar-refractivity contribution in [2.75, 3.05) is 19.6 Å². The first-order valence-corrected chi connectivity index (χ1v) is 9.59. The van der Waals surface area contributed by atoms with Crippen LogP contribution in [-0.2, 0) is 14.4 Å². The maximum absolute atomic E-state index is 12.5. The van der Waals surface area contributed by atoms with Gasteiger partial charge >= 0.3 is 0 Å². The molecule has 3 rings (SSSR count). The molecule has 1 saturated carbocycles. The molecular weight excluding hydrogens is 318 g/mol. The predicted molar refractivity (Wildman–Crippen MR) is 94.6 cm³/mol. The van der Waals surface area contributed by atoms with E-state index in [2.05, 4.69) is 11.9 Å². The Morgan fingerprint density at radius 1 is 1.08 bits per heavy atom. The fourth-order valence-electron chi connectivity index (χ4n) is 4.38. The van der Waals surface area contributed by atoms with Crippen molar-refractivity contribution in [3.63, 3.8) is 0 Å². The number of likely N-dealkylation sites (tertiary alicyclic amines) is 2. The zero-order chi connectivity index (χ0) is 17.8. The van der Waals surface area contributed by atoms with Crippen molar-refractivity contribution in [3.8, 4) is 0 Å². The number of nitrogens with zero attached hydrogens (tertiary/aromatic N) is 2. The highest BCUT2D eigenvalue weighted by Gasteiger charge is 2.36. The summed E-state index contributed by atoms with van der Waals surface area (Å²) in [5.41, 5.74) is 0. The number of hydrogen-bond acceptors (Lipinski definition) is 3. The van der Waals surface area contributed by atoms with Crippen LogP contribution in [0.3, 0.4) is 0 Å². The van der Waals surface area contributed by atoms with Gasteiger partial charge in [-0.2, -0.15) is 0 Å². The summed E-state index contributed by atoms with van der Waals surface area (Å²) in [4.78, 5) is 40.2. The van der Waals surface area contributed by atoms with Crippen LogP contribution in [0.1, 0.15) is 51.4 Å². The first kappa shape index (κ1) is 18.0. The van der Waals surface area contributed by atoms with Crippen molar-refractivity contribution < 1.29 is 14.4 Å². The molecule has 2 saturated heterocycles. The van der Waals surface area contributed by atoms with Crippen molar-refractivity contribution >= 4 is 17.7 Å². The third-order valence-electron chi connectivity index (χ3n) is 5.87. The predicted octanol–water partition coefficient (Wildman–Crippen LogP) is 1.46. The Bertz CT molecular complexity index is 534. The monoisotopic (exact) mass is 347 g/mol. The molecule has 1 aliphatic carbocycles. The fourth-order valence-corrected chi connectivity index (χ4v) is 4.38. The van der Waals surface area contributed by atoms with Crippen LogP contribution in [0, 0.1) is 5.92 Å². The molecule has 25 heavy (non-hydrogen) atoms. The van der Waals surface area contributed by atoms with Crippen LogP contribution in [0.2, 0.25) is 0 Å². The quantitative estimate of drug-likeness (QED) is 0.783. The zero-order valence-corrected chi connectivity index (χ0v) is 14.9. The average Bonchev–Trinajstić information content (AvgIpc) is 3.02. The summed E-state index contributed by atoms with van der Waals surface area (Å²) in [6.07, 6.45) is 8.98. The zero-order valence-electron chi connectivity index (χ0n) is 14.9. The van der Waals surface area contributed by atoms with E-state index in [-0.39, 0.29) is 29.7 Å². The molecule has 1 unspecified atom stereocenters. The van der Waals surface area contributed by atoms with Crippen molar-refractivity contribution in [1.82, 2.24) is 15.1 Å². The van der Waals surface area contributed by atoms with Gasteiger partial charge < -0.3 is 15.1 Å². The minimum Gasteiger partial charge on any atom is -0.351 e. The highest BCUT2D eigenvalue weighted by Crippen LogP contribution is 2.27. The molecule has 2 heterocycles. The first-order chi connectivity index (χ1) is 12.1. The van der Waals surface area contributed by atoms with Crippen LogP contribution in [-0.4, -0.2) is 59.2 Å². The lowest BCUT2D eigenvalue weighted by Gasteiger charge is -2.32. The molecule has 6 heteroatoms. The summed E-state index contributed by atoms with van der Waals surface area (Å²) in [5, 5.41) is 3.08. The molecule has 3 aliphatic rings. The number of piperidine rings is 1. The van der Waals surface area contributed by atoms with E-state index in [0.717, 1.165) is 12.8 Å². The molecule has 0 spiro atoms. The fraction of sp³-hybridized carbons (Fsp3) is 0.737. The van der Waals surface area contributed by atoms with Gasteiger partial charge in [0, 0.05) is 38.0 Å². The van der Waals surface area contributed by atoms with Crippen LogP contribution in [0.25, 0.3) is 0 Å². The molecule has 0 aromatic heterocycles. The van der Waals surface area contributed by atoms with Gasteiger partial charge in [-0.3, -0.25) is 14.4 Å². The topological polar surface area (TPSA) is 69.7 Å². The molecule has 138 valence electrons. The van der Waals surface area contributed by atoms with Gasteiger partial charge in [0.15, 0.2) is 0 Å². The lowest BCUT2D eigenvalue weighted by atomic mass is 9.94. The minimum atomic E-state index is -0.0663. The van der Waals surface area contributed by atoms with E-state index >= 15 is 0 Å². The molecular formula is C19H29N3O3. The van der Waals surface area contributed by atoms with Gasteiger partial charge in [0.2, 0.25) is 17.7 Å². The summed E-state index contributed by atoms with van der Waals surface area (Å²) in [7, 11) is 0. The molecule has 0 bridgehead atoms. The normalized spacial score (nSPS) is 25.9. The second-order valence-electron chi connectivity index (χ2n) is 7.55. The summed E-state index contributed by atoms with van der Waals surface area (Å²) < 4.78 is 0. The Morgan fingerprint density at radius 3 is 2.40 bits per heavy atom. The lowest BCUT2D eigenvalue weighted by molar-refractivity contribution is -0.132. The summed E-state index contributed by atoms with van der Waals surface area (Å²) in [5.74, 6) is 0.0914. The number of hydrogen-bond donors (Lipinski definition) is 1. The molecule has 2 aliphatic heterocycles. The third kappa shape index (κ3) is 4.22. The maximum atomic E-state index is 12.5. The van der Waals surface area contributed by atoms with Crippen LogP contribution >= 0.6 is 0 Å². The lowest BCUT2D eigenvalue weighted by Crippen LogP contribution is -2.46. The van der Waals surface area contributed by atoms with Gasteiger partial charge in [0.25, 0.3) is 0 Å². The molecule has 1 atom stereocenters. The number of carbonyl (C=O) groups is 3. The second kappa shape index (κ2) is 8.02. The first-order valence-electron chi connectivity index (χ1n) is 9.59. The van der Waals surface area contributed by atoms with Gasteiger partial charge in [0.05, 0.1) is 6.04 Å². The van der Waals surface area contributed by atoms with E-state index in [9.17, 15) is 14.4 Å². The number of nitrogens with one attached hydrogen (secondary N) is 1. The summed E-state index contributed by atoms with van der Waals surface area (Å²) >= 11 is 0. The Kier molecular flexibility index (Phi) is 5.76. The van der Waals surface area contributed by atoms with Gasteiger partial charge in [-0.15, -0.1) is 0 Å².